The predicted octanol–water partition coefficient (Wildman–Crippen LogP) is 2.36. The lowest BCUT2D eigenvalue weighted by Gasteiger charge is -2.16. The zero-order valence-corrected chi connectivity index (χ0v) is 6.00. The third kappa shape index (κ3) is 3.85. The molecule has 0 radical (unpaired) electrons. The van der Waals surface area contributed by atoms with E-state index in [1.807, 2.05) is 0 Å². The normalized spacial score (nSPS) is 24.2. The quantitative estimate of drug-likeness (QED) is 0.491. The second-order valence-electron chi connectivity index (χ2n) is 2.81. The number of hydrogen-bond acceptors (Lipinski definition) is 1. The molecular formula is C6H7F5O. The summed E-state index contributed by atoms with van der Waals surface area (Å²) < 4.78 is 63.7. The van der Waals surface area contributed by atoms with Crippen LogP contribution in [0, 0.1) is 0 Å². The molecule has 1 saturated heterocycles. The van der Waals surface area contributed by atoms with E-state index in [0.717, 1.165) is 0 Å². The van der Waals surface area contributed by atoms with Crippen LogP contribution in [0.5, 0.6) is 0 Å². The van der Waals surface area contributed by atoms with Crippen molar-refractivity contribution < 1.29 is 26.7 Å². The maximum atomic E-state index is 12.4. The van der Waals surface area contributed by atoms with Gasteiger partial charge in [0.1, 0.15) is 6.42 Å². The molecule has 0 aliphatic carbocycles. The molecule has 1 unspecified atom stereocenters. The van der Waals surface area contributed by atoms with Crippen LogP contribution >= 0.6 is 0 Å². The molecule has 1 fully saturated rings. The lowest BCUT2D eigenvalue weighted by Crippen LogP contribution is -2.27. The molecule has 0 spiro atoms. The van der Waals surface area contributed by atoms with Gasteiger partial charge in [-0.1, -0.05) is 0 Å². The third-order valence-corrected chi connectivity index (χ3v) is 1.39. The molecule has 0 saturated carbocycles. The number of hydrogen-bond donors (Lipinski definition) is 0. The maximum Gasteiger partial charge on any atom is 0.394 e. The summed E-state index contributed by atoms with van der Waals surface area (Å²) in [5.41, 5.74) is 0. The van der Waals surface area contributed by atoms with E-state index in [4.69, 9.17) is 0 Å². The van der Waals surface area contributed by atoms with E-state index in [1.54, 1.807) is 0 Å². The zero-order chi connectivity index (χ0) is 9.41. The van der Waals surface area contributed by atoms with Crippen LogP contribution in [0.3, 0.4) is 0 Å². The van der Waals surface area contributed by atoms with Crippen molar-refractivity contribution in [2.75, 3.05) is 6.61 Å². The summed E-state index contributed by atoms with van der Waals surface area (Å²) in [6, 6.07) is 0. The summed E-state index contributed by atoms with van der Waals surface area (Å²) in [6.45, 7) is 0.146. The summed E-state index contributed by atoms with van der Waals surface area (Å²) in [7, 11) is 0. The Hall–Kier alpha value is -0.390. The fraction of sp³-hybridized carbons (Fsp3) is 1.00. The van der Waals surface area contributed by atoms with Crippen molar-refractivity contribution in [3.63, 3.8) is 0 Å². The van der Waals surface area contributed by atoms with Gasteiger partial charge in [0.2, 0.25) is 0 Å². The first-order chi connectivity index (χ1) is 5.29. The van der Waals surface area contributed by atoms with E-state index in [9.17, 15) is 22.0 Å². The molecule has 1 rings (SSSR count). The average molecular weight is 190 g/mol. The van der Waals surface area contributed by atoms with E-state index in [1.165, 1.54) is 0 Å². The fourth-order valence-electron chi connectivity index (χ4n) is 0.884. The molecule has 0 aromatic heterocycles. The van der Waals surface area contributed by atoms with Crippen molar-refractivity contribution in [1.82, 2.24) is 0 Å². The minimum atomic E-state index is -4.81. The first-order valence-electron chi connectivity index (χ1n) is 3.35. The summed E-state index contributed by atoms with van der Waals surface area (Å²) in [4.78, 5) is 0. The molecule has 72 valence electrons. The van der Waals surface area contributed by atoms with Gasteiger partial charge in [-0.25, -0.2) is 8.78 Å². The maximum absolute atomic E-state index is 12.4. The van der Waals surface area contributed by atoms with Crippen LogP contribution in [-0.2, 0) is 4.74 Å². The Kier molecular flexibility index (Phi) is 2.29. The second-order valence-corrected chi connectivity index (χ2v) is 2.81. The molecule has 0 bridgehead atoms. The SMILES string of the molecule is FC(F)(F)CC(F)(F)CC1CO1. The Morgan fingerprint density at radius 2 is 1.67 bits per heavy atom. The molecule has 1 nitrogen and oxygen atoms in total. The van der Waals surface area contributed by atoms with Gasteiger partial charge in [0.25, 0.3) is 5.92 Å². The molecule has 1 atom stereocenters. The Bertz CT molecular complexity index is 160. The lowest BCUT2D eigenvalue weighted by molar-refractivity contribution is -0.189. The first kappa shape index (κ1) is 9.70. The van der Waals surface area contributed by atoms with Crippen LogP contribution in [0.1, 0.15) is 12.8 Å². The van der Waals surface area contributed by atoms with Gasteiger partial charge in [0.15, 0.2) is 0 Å². The summed E-state index contributed by atoms with van der Waals surface area (Å²) in [5, 5.41) is 0. The van der Waals surface area contributed by atoms with Gasteiger partial charge in [0, 0.05) is 6.42 Å². The van der Waals surface area contributed by atoms with Crippen molar-refractivity contribution in [2.45, 2.75) is 31.0 Å². The number of ether oxygens (including phenoxy) is 1. The molecular weight excluding hydrogens is 183 g/mol. The van der Waals surface area contributed by atoms with Gasteiger partial charge in [-0.15, -0.1) is 0 Å². The number of alkyl halides is 5. The summed E-state index contributed by atoms with van der Waals surface area (Å²) >= 11 is 0. The van der Waals surface area contributed by atoms with Gasteiger partial charge in [-0.3, -0.25) is 0 Å². The minimum absolute atomic E-state index is 0.146. The van der Waals surface area contributed by atoms with Gasteiger partial charge in [-0.05, 0) is 0 Å². The van der Waals surface area contributed by atoms with Gasteiger partial charge >= 0.3 is 6.18 Å². The van der Waals surface area contributed by atoms with Crippen LogP contribution in [-0.4, -0.2) is 24.8 Å². The van der Waals surface area contributed by atoms with Crippen LogP contribution in [0.25, 0.3) is 0 Å². The van der Waals surface area contributed by atoms with Gasteiger partial charge in [0.05, 0.1) is 12.7 Å². The van der Waals surface area contributed by atoms with E-state index in [-0.39, 0.29) is 6.61 Å². The highest BCUT2D eigenvalue weighted by molar-refractivity contribution is 4.80. The highest BCUT2D eigenvalue weighted by Gasteiger charge is 2.46. The highest BCUT2D eigenvalue weighted by atomic mass is 19.4. The predicted molar refractivity (Wildman–Crippen MR) is 30.0 cm³/mol. The Morgan fingerprint density at radius 1 is 1.17 bits per heavy atom. The molecule has 0 aromatic carbocycles. The monoisotopic (exact) mass is 190 g/mol. The van der Waals surface area contributed by atoms with E-state index in [0.29, 0.717) is 0 Å². The molecule has 1 aliphatic heterocycles. The molecule has 1 aliphatic rings. The lowest BCUT2D eigenvalue weighted by atomic mass is 10.1. The smallest absolute Gasteiger partial charge is 0.373 e. The highest BCUT2D eigenvalue weighted by Crippen LogP contribution is 2.37. The second kappa shape index (κ2) is 2.83. The molecule has 0 N–H and O–H groups in total. The van der Waals surface area contributed by atoms with Crippen molar-refractivity contribution in [3.8, 4) is 0 Å². The molecule has 6 heteroatoms. The molecule has 12 heavy (non-hydrogen) atoms. The third-order valence-electron chi connectivity index (χ3n) is 1.39. The first-order valence-corrected chi connectivity index (χ1v) is 3.35. The van der Waals surface area contributed by atoms with E-state index < -0.39 is 31.0 Å². The molecule has 1 heterocycles. The van der Waals surface area contributed by atoms with Crippen LogP contribution < -0.4 is 0 Å². The van der Waals surface area contributed by atoms with Crippen LogP contribution in [0.15, 0.2) is 0 Å². The molecule has 0 amide bonds. The minimum Gasteiger partial charge on any atom is -0.373 e. The average Bonchev–Trinajstić information content (AvgIpc) is 2.39. The fourth-order valence-corrected chi connectivity index (χ4v) is 0.884. The van der Waals surface area contributed by atoms with Crippen molar-refractivity contribution in [2.24, 2.45) is 0 Å². The van der Waals surface area contributed by atoms with Crippen molar-refractivity contribution >= 4 is 0 Å². The molecule has 0 aromatic rings. The van der Waals surface area contributed by atoms with Crippen molar-refractivity contribution in [1.29, 1.82) is 0 Å². The summed E-state index contributed by atoms with van der Waals surface area (Å²) in [6.07, 6.45) is -8.37. The Labute approximate surface area is 65.5 Å². The summed E-state index contributed by atoms with van der Waals surface area (Å²) in [5.74, 6) is -3.68. The number of halogens is 5. The van der Waals surface area contributed by atoms with Crippen LogP contribution in [0.2, 0.25) is 0 Å². The van der Waals surface area contributed by atoms with E-state index in [2.05, 4.69) is 4.74 Å². The van der Waals surface area contributed by atoms with Gasteiger partial charge < -0.3 is 4.74 Å². The number of epoxide rings is 1. The largest absolute Gasteiger partial charge is 0.394 e. The number of rotatable bonds is 3. The Morgan fingerprint density at radius 3 is 2.00 bits per heavy atom. The van der Waals surface area contributed by atoms with E-state index >= 15 is 0 Å². The van der Waals surface area contributed by atoms with Gasteiger partial charge in [-0.2, -0.15) is 13.2 Å². The van der Waals surface area contributed by atoms with Crippen LogP contribution in [0.4, 0.5) is 22.0 Å². The zero-order valence-electron chi connectivity index (χ0n) is 6.00. The Balaban J connectivity index is 2.35. The standard InChI is InChI=1S/C6H7F5O/c7-5(8,1-4-2-12-4)3-6(9,10)11/h4H,1-3H2. The van der Waals surface area contributed by atoms with Crippen molar-refractivity contribution in [3.05, 3.63) is 0 Å². The topological polar surface area (TPSA) is 12.5 Å².